The number of phenolic OH excluding ortho intramolecular Hbond substituents is 1. The van der Waals surface area contributed by atoms with Gasteiger partial charge < -0.3 is 43.4 Å². The Bertz CT molecular complexity index is 1460. The number of amides is 3. The Hall–Kier alpha value is -5.43. The Labute approximate surface area is 267 Å². The molecule has 0 saturated carbocycles. The minimum atomic E-state index is -1.32. The lowest BCUT2D eigenvalue weighted by molar-refractivity contribution is -0.142. The van der Waals surface area contributed by atoms with Crippen LogP contribution in [-0.4, -0.2) is 70.6 Å². The quantitative estimate of drug-likeness (QED) is 0.0582. The molecule has 0 fully saturated rings. The van der Waals surface area contributed by atoms with Gasteiger partial charge in [-0.25, -0.2) is 4.79 Å². The zero-order chi connectivity index (χ0) is 33.5. The number of phenols is 1. The van der Waals surface area contributed by atoms with E-state index in [-0.39, 0.29) is 43.9 Å². The molecule has 11 N–H and O–H groups in total. The van der Waals surface area contributed by atoms with Crippen molar-refractivity contribution in [1.29, 1.82) is 0 Å². The van der Waals surface area contributed by atoms with Gasteiger partial charge in [0.15, 0.2) is 5.96 Å². The van der Waals surface area contributed by atoms with Gasteiger partial charge >= 0.3 is 5.97 Å². The predicted octanol–water partition coefficient (Wildman–Crippen LogP) is 0.340. The Kier molecular flexibility index (Phi) is 13.5. The van der Waals surface area contributed by atoms with Crippen LogP contribution in [-0.2, 0) is 38.4 Å². The van der Waals surface area contributed by atoms with Crippen LogP contribution in [0, 0.1) is 0 Å². The number of nitrogens with two attached hydrogens (primary N) is 3. The molecule has 4 atom stereocenters. The molecule has 46 heavy (non-hydrogen) atoms. The summed E-state index contributed by atoms with van der Waals surface area (Å²) < 4.78 is 0. The van der Waals surface area contributed by atoms with Crippen LogP contribution in [0.1, 0.15) is 29.5 Å². The topological polar surface area (TPSA) is 235 Å². The average molecular weight is 632 g/mol. The van der Waals surface area contributed by atoms with Crippen molar-refractivity contribution in [3.63, 3.8) is 0 Å². The fraction of sp³-hybridized carbons (Fsp3) is 0.303. The Morgan fingerprint density at radius 3 is 1.57 bits per heavy atom. The molecule has 0 radical (unpaired) electrons. The van der Waals surface area contributed by atoms with Crippen LogP contribution in [0.15, 0.2) is 89.9 Å². The van der Waals surface area contributed by atoms with Gasteiger partial charge in [0.1, 0.15) is 23.9 Å². The normalized spacial score (nSPS) is 13.3. The van der Waals surface area contributed by atoms with Crippen LogP contribution in [0.2, 0.25) is 0 Å². The van der Waals surface area contributed by atoms with Crippen molar-refractivity contribution in [3.8, 4) is 5.75 Å². The molecule has 0 saturated heterocycles. The van der Waals surface area contributed by atoms with Crippen molar-refractivity contribution in [2.75, 3.05) is 6.54 Å². The zero-order valence-electron chi connectivity index (χ0n) is 25.3. The Morgan fingerprint density at radius 2 is 1.09 bits per heavy atom. The molecule has 13 nitrogen and oxygen atoms in total. The number of hydrogen-bond donors (Lipinski definition) is 8. The molecule has 0 aliphatic heterocycles. The summed E-state index contributed by atoms with van der Waals surface area (Å²) in [6.07, 6.45) is 0.813. The summed E-state index contributed by atoms with van der Waals surface area (Å²) in [6, 6.07) is 19.4. The van der Waals surface area contributed by atoms with Gasteiger partial charge in [0.05, 0.1) is 6.04 Å². The Morgan fingerprint density at radius 1 is 0.652 bits per heavy atom. The van der Waals surface area contributed by atoms with E-state index in [1.165, 1.54) is 12.1 Å². The number of carbonyl (C=O) groups excluding carboxylic acids is 3. The van der Waals surface area contributed by atoms with E-state index >= 15 is 0 Å². The number of carbonyl (C=O) groups is 4. The molecular weight excluding hydrogens is 590 g/mol. The molecule has 3 amide bonds. The SMILES string of the molecule is NC(N)=NCCCC(N)C(=O)NC(Cc1ccccc1)C(=O)NC(Cc1ccccc1)C(=O)NC(Cc1ccc(O)cc1)C(=O)O. The molecule has 4 unspecified atom stereocenters. The van der Waals surface area contributed by atoms with Crippen molar-refractivity contribution in [2.24, 2.45) is 22.2 Å². The summed E-state index contributed by atoms with van der Waals surface area (Å²) in [5.74, 6) is -3.24. The molecule has 0 spiro atoms. The van der Waals surface area contributed by atoms with Gasteiger partial charge in [0.2, 0.25) is 17.7 Å². The van der Waals surface area contributed by atoms with E-state index in [1.807, 2.05) is 6.07 Å². The molecule has 0 bridgehead atoms. The fourth-order valence-electron chi connectivity index (χ4n) is 4.66. The predicted molar refractivity (Wildman–Crippen MR) is 173 cm³/mol. The van der Waals surface area contributed by atoms with Crippen molar-refractivity contribution in [1.82, 2.24) is 16.0 Å². The second kappa shape index (κ2) is 17.8. The molecule has 0 aliphatic rings. The van der Waals surface area contributed by atoms with Gasteiger partial charge in [-0.3, -0.25) is 19.4 Å². The van der Waals surface area contributed by atoms with Gasteiger partial charge in [-0.05, 0) is 41.7 Å². The number of aliphatic carboxylic acids is 1. The fourth-order valence-corrected chi connectivity index (χ4v) is 4.66. The number of nitrogens with one attached hydrogen (secondary N) is 3. The average Bonchev–Trinajstić information content (AvgIpc) is 3.03. The molecule has 244 valence electrons. The largest absolute Gasteiger partial charge is 0.508 e. The maximum Gasteiger partial charge on any atom is 0.326 e. The number of carboxylic acids is 1. The molecule has 3 rings (SSSR count). The summed E-state index contributed by atoms with van der Waals surface area (Å²) in [4.78, 5) is 56.4. The first-order valence-corrected chi connectivity index (χ1v) is 14.8. The van der Waals surface area contributed by atoms with Crippen LogP contribution in [0.5, 0.6) is 5.75 Å². The minimum Gasteiger partial charge on any atom is -0.508 e. The maximum atomic E-state index is 13.8. The lowest BCUT2D eigenvalue weighted by Crippen LogP contribution is -2.58. The van der Waals surface area contributed by atoms with E-state index in [0.29, 0.717) is 12.0 Å². The van der Waals surface area contributed by atoms with Crippen LogP contribution in [0.25, 0.3) is 0 Å². The first kappa shape index (κ1) is 35.1. The summed E-state index contributed by atoms with van der Waals surface area (Å²) in [5, 5.41) is 27.4. The van der Waals surface area contributed by atoms with E-state index in [0.717, 1.165) is 11.1 Å². The molecule has 13 heteroatoms. The number of benzene rings is 3. The van der Waals surface area contributed by atoms with Gasteiger partial charge in [-0.2, -0.15) is 0 Å². The van der Waals surface area contributed by atoms with Crippen molar-refractivity contribution in [2.45, 2.75) is 56.3 Å². The lowest BCUT2D eigenvalue weighted by Gasteiger charge is -2.25. The van der Waals surface area contributed by atoms with Gasteiger partial charge in [0, 0.05) is 25.8 Å². The van der Waals surface area contributed by atoms with E-state index < -0.39 is 47.9 Å². The second-order valence-electron chi connectivity index (χ2n) is 10.8. The van der Waals surface area contributed by atoms with Crippen molar-refractivity contribution in [3.05, 3.63) is 102 Å². The van der Waals surface area contributed by atoms with Crippen LogP contribution in [0.3, 0.4) is 0 Å². The van der Waals surface area contributed by atoms with Gasteiger partial charge in [0.25, 0.3) is 0 Å². The standard InChI is InChI=1S/C33H41N7O6/c34-25(12-7-17-37-33(35)36)29(42)38-26(18-21-8-3-1-4-9-21)30(43)39-27(19-22-10-5-2-6-11-22)31(44)40-28(32(45)46)20-23-13-15-24(41)16-14-23/h1-6,8-11,13-16,25-28,41H,7,12,17-20,34H2,(H,38,42)(H,39,43)(H,40,44)(H,45,46)(H4,35,36,37). The number of hydrogen-bond acceptors (Lipinski definition) is 7. The van der Waals surface area contributed by atoms with Crippen LogP contribution >= 0.6 is 0 Å². The number of guanidine groups is 1. The highest BCUT2D eigenvalue weighted by Gasteiger charge is 2.31. The highest BCUT2D eigenvalue weighted by molar-refractivity contribution is 5.94. The molecular formula is C33H41N7O6. The molecule has 3 aromatic rings. The van der Waals surface area contributed by atoms with E-state index in [9.17, 15) is 29.4 Å². The number of carboxylic acid groups (broad SMARTS) is 1. The smallest absolute Gasteiger partial charge is 0.326 e. The summed E-state index contributed by atoms with van der Waals surface area (Å²) >= 11 is 0. The van der Waals surface area contributed by atoms with Crippen molar-refractivity contribution < 1.29 is 29.4 Å². The summed E-state index contributed by atoms with van der Waals surface area (Å²) in [6.45, 7) is 0.289. The monoisotopic (exact) mass is 631 g/mol. The van der Waals surface area contributed by atoms with Crippen LogP contribution in [0.4, 0.5) is 0 Å². The third-order valence-electron chi connectivity index (χ3n) is 7.13. The highest BCUT2D eigenvalue weighted by atomic mass is 16.4. The lowest BCUT2D eigenvalue weighted by atomic mass is 10.0. The second-order valence-corrected chi connectivity index (χ2v) is 10.8. The highest BCUT2D eigenvalue weighted by Crippen LogP contribution is 2.13. The molecule has 0 aromatic heterocycles. The first-order chi connectivity index (χ1) is 22.0. The van der Waals surface area contributed by atoms with Crippen molar-refractivity contribution >= 4 is 29.7 Å². The molecule has 0 aliphatic carbocycles. The maximum absolute atomic E-state index is 13.8. The van der Waals surface area contributed by atoms with E-state index in [4.69, 9.17) is 17.2 Å². The number of aromatic hydroxyl groups is 1. The molecule has 3 aromatic carbocycles. The van der Waals surface area contributed by atoms with E-state index in [1.54, 1.807) is 66.7 Å². The number of aliphatic imine (C=N–C) groups is 1. The number of nitrogens with zero attached hydrogens (tertiary/aromatic N) is 1. The minimum absolute atomic E-state index is 0.0225. The van der Waals surface area contributed by atoms with E-state index in [2.05, 4.69) is 20.9 Å². The number of rotatable bonds is 17. The Balaban J connectivity index is 1.80. The van der Waals surface area contributed by atoms with Gasteiger partial charge in [-0.15, -0.1) is 0 Å². The summed E-state index contributed by atoms with van der Waals surface area (Å²) in [7, 11) is 0. The third kappa shape index (κ3) is 11.9. The first-order valence-electron chi connectivity index (χ1n) is 14.8. The third-order valence-corrected chi connectivity index (χ3v) is 7.13. The molecule has 0 heterocycles. The van der Waals surface area contributed by atoms with Gasteiger partial charge in [-0.1, -0.05) is 72.8 Å². The zero-order valence-corrected chi connectivity index (χ0v) is 25.3. The van der Waals surface area contributed by atoms with Crippen LogP contribution < -0.4 is 33.2 Å². The summed E-state index contributed by atoms with van der Waals surface area (Å²) in [5.41, 5.74) is 18.8.